The van der Waals surface area contributed by atoms with Crippen molar-refractivity contribution in [2.24, 2.45) is 0 Å². The van der Waals surface area contributed by atoms with Crippen LogP contribution in [0.5, 0.6) is 0 Å². The van der Waals surface area contributed by atoms with Gasteiger partial charge in [-0.1, -0.05) is 158 Å². The van der Waals surface area contributed by atoms with Gasteiger partial charge in [0, 0.05) is 21.7 Å². The summed E-state index contributed by atoms with van der Waals surface area (Å²) < 4.78 is 2.24. The Labute approximate surface area is 341 Å². The summed E-state index contributed by atoms with van der Waals surface area (Å²) in [6.45, 7) is 0. The Morgan fingerprint density at radius 1 is 0.356 bits per heavy atom. The van der Waals surface area contributed by atoms with E-state index in [2.05, 4.69) is 187 Å². The number of nitrogens with zero attached hydrogens (tertiary/aromatic N) is 4. The van der Waals surface area contributed by atoms with Gasteiger partial charge in [-0.15, -0.1) is 0 Å². The van der Waals surface area contributed by atoms with Crippen molar-refractivity contribution >= 4 is 43.5 Å². The highest BCUT2D eigenvalue weighted by atomic mass is 15.2. The number of rotatable bonds is 6. The maximum Gasteiger partial charge on any atom is 0.235 e. The quantitative estimate of drug-likeness (QED) is 0.170. The van der Waals surface area contributed by atoms with Crippen LogP contribution in [0.15, 0.2) is 206 Å². The lowest BCUT2D eigenvalue weighted by atomic mass is 9.97. The fraction of sp³-hybridized carbons (Fsp3) is 0. The van der Waals surface area contributed by atoms with Crippen molar-refractivity contribution < 1.29 is 0 Å². The molecule has 9 aromatic carbocycles. The third kappa shape index (κ3) is 6.10. The molecule has 0 spiro atoms. The molecule has 11 aromatic rings. The van der Waals surface area contributed by atoms with Crippen molar-refractivity contribution in [3.63, 3.8) is 0 Å². The number of fused-ring (bicyclic) bond motifs is 5. The molecule has 0 fully saturated rings. The fourth-order valence-corrected chi connectivity index (χ4v) is 8.39. The lowest BCUT2D eigenvalue weighted by molar-refractivity contribution is 1.01. The first-order chi connectivity index (χ1) is 29.2. The minimum absolute atomic E-state index is 0.621. The molecule has 0 atom stereocenters. The summed E-state index contributed by atoms with van der Waals surface area (Å²) in [6.07, 6.45) is 0. The van der Waals surface area contributed by atoms with Crippen LogP contribution >= 0.6 is 0 Å². The molecule has 2 aromatic heterocycles. The van der Waals surface area contributed by atoms with Crippen molar-refractivity contribution in [2.45, 2.75) is 0 Å². The first-order valence-corrected chi connectivity index (χ1v) is 19.8. The van der Waals surface area contributed by atoms with E-state index >= 15 is 0 Å². The third-order valence-electron chi connectivity index (χ3n) is 11.5. The molecule has 0 bridgehead atoms. The molecular formula is C55H34N4. The van der Waals surface area contributed by atoms with Gasteiger partial charge in [-0.2, -0.15) is 5.26 Å². The normalized spacial score (nSPS) is 11.4. The van der Waals surface area contributed by atoms with Gasteiger partial charge in [-0.25, -0.2) is 9.97 Å². The second-order valence-electron chi connectivity index (χ2n) is 15.0. The maximum absolute atomic E-state index is 9.26. The van der Waals surface area contributed by atoms with Crippen LogP contribution in [0.25, 0.3) is 105 Å². The molecule has 11 rings (SSSR count). The number of aromatic nitrogens is 3. The highest BCUT2D eigenvalue weighted by Crippen LogP contribution is 2.39. The van der Waals surface area contributed by atoms with Crippen LogP contribution < -0.4 is 0 Å². The smallest absolute Gasteiger partial charge is 0.235 e. The van der Waals surface area contributed by atoms with Gasteiger partial charge < -0.3 is 0 Å². The summed E-state index contributed by atoms with van der Waals surface area (Å²) in [5, 5.41) is 14.9. The van der Waals surface area contributed by atoms with E-state index in [1.807, 2.05) is 30.3 Å². The first kappa shape index (κ1) is 34.1. The van der Waals surface area contributed by atoms with Gasteiger partial charge in [0.2, 0.25) is 5.95 Å². The Morgan fingerprint density at radius 2 is 0.831 bits per heavy atom. The van der Waals surface area contributed by atoms with E-state index in [-0.39, 0.29) is 0 Å². The zero-order valence-electron chi connectivity index (χ0n) is 31.9. The van der Waals surface area contributed by atoms with Crippen LogP contribution in [0.4, 0.5) is 0 Å². The van der Waals surface area contributed by atoms with Crippen molar-refractivity contribution in [3.8, 4) is 67.8 Å². The highest BCUT2D eigenvalue weighted by molar-refractivity contribution is 6.14. The Bertz CT molecular complexity index is 3400. The van der Waals surface area contributed by atoms with Gasteiger partial charge in [-0.05, 0) is 104 Å². The van der Waals surface area contributed by atoms with Crippen LogP contribution in [-0.2, 0) is 0 Å². The lowest BCUT2D eigenvalue weighted by Gasteiger charge is -2.14. The van der Waals surface area contributed by atoms with Crippen LogP contribution in [0, 0.1) is 11.3 Å². The Hall–Kier alpha value is -8.13. The summed E-state index contributed by atoms with van der Waals surface area (Å²) in [5.74, 6) is 0.621. The highest BCUT2D eigenvalue weighted by Gasteiger charge is 2.19. The molecular weight excluding hydrogens is 717 g/mol. The van der Waals surface area contributed by atoms with Crippen LogP contribution in [-0.4, -0.2) is 14.5 Å². The Morgan fingerprint density at radius 3 is 1.47 bits per heavy atom. The number of hydrogen-bond donors (Lipinski definition) is 0. The molecule has 4 heteroatoms. The largest absolute Gasteiger partial charge is 0.278 e. The van der Waals surface area contributed by atoms with Crippen molar-refractivity contribution in [1.82, 2.24) is 14.5 Å². The summed E-state index contributed by atoms with van der Waals surface area (Å²) >= 11 is 0. The minimum Gasteiger partial charge on any atom is -0.278 e. The SMILES string of the molecule is N#Cc1ccc(-c2ccc(-c3ccc4c(-c5ccc(-c6ccccc6)cc5)nc(-n5c6ccc(-c7ccccc7)cc6c6cc7ccccc7cc65)nc4c3)cc2)cc1. The molecule has 0 aliphatic rings. The minimum atomic E-state index is 0.621. The number of benzene rings is 9. The van der Waals surface area contributed by atoms with E-state index in [1.165, 1.54) is 22.1 Å². The maximum atomic E-state index is 9.26. The van der Waals surface area contributed by atoms with Crippen molar-refractivity contribution in [2.75, 3.05) is 0 Å². The molecule has 0 aliphatic carbocycles. The fourth-order valence-electron chi connectivity index (χ4n) is 8.39. The van der Waals surface area contributed by atoms with Crippen molar-refractivity contribution in [1.29, 1.82) is 5.26 Å². The first-order valence-electron chi connectivity index (χ1n) is 19.8. The number of nitriles is 1. The topological polar surface area (TPSA) is 54.5 Å². The van der Waals surface area contributed by atoms with E-state index in [9.17, 15) is 5.26 Å². The molecule has 0 N–H and O–H groups in total. The summed E-state index contributed by atoms with van der Waals surface area (Å²) in [7, 11) is 0. The lowest BCUT2D eigenvalue weighted by Crippen LogP contribution is -2.03. The van der Waals surface area contributed by atoms with E-state index in [0.29, 0.717) is 11.5 Å². The van der Waals surface area contributed by atoms with Gasteiger partial charge in [0.15, 0.2) is 0 Å². The summed E-state index contributed by atoms with van der Waals surface area (Å²) in [5.41, 5.74) is 14.5. The van der Waals surface area contributed by atoms with Crippen LogP contribution in [0.3, 0.4) is 0 Å². The van der Waals surface area contributed by atoms with E-state index in [4.69, 9.17) is 9.97 Å². The zero-order chi connectivity index (χ0) is 39.3. The second-order valence-corrected chi connectivity index (χ2v) is 15.0. The van der Waals surface area contributed by atoms with Crippen LogP contribution in [0.1, 0.15) is 5.56 Å². The summed E-state index contributed by atoms with van der Waals surface area (Å²) in [6, 6.07) is 74.6. The predicted octanol–water partition coefficient (Wildman–Crippen LogP) is 14.1. The zero-order valence-corrected chi connectivity index (χ0v) is 31.9. The molecule has 0 amide bonds. The predicted molar refractivity (Wildman–Crippen MR) is 243 cm³/mol. The van der Waals surface area contributed by atoms with E-state index in [1.54, 1.807) is 0 Å². The molecule has 4 nitrogen and oxygen atoms in total. The van der Waals surface area contributed by atoms with Gasteiger partial charge in [0.05, 0.1) is 33.9 Å². The van der Waals surface area contributed by atoms with Gasteiger partial charge in [0.25, 0.3) is 0 Å². The Kier molecular flexibility index (Phi) is 8.17. The molecule has 0 aliphatic heterocycles. The van der Waals surface area contributed by atoms with Gasteiger partial charge in [-0.3, -0.25) is 4.57 Å². The van der Waals surface area contributed by atoms with Crippen LogP contribution in [0.2, 0.25) is 0 Å². The molecule has 274 valence electrons. The number of hydrogen-bond acceptors (Lipinski definition) is 3. The molecule has 0 radical (unpaired) electrons. The molecule has 59 heavy (non-hydrogen) atoms. The standard InChI is InChI=1S/C55H34N4/c56-35-36-15-17-39(18-16-36)41-19-21-42(22-20-41)47-27-29-48-51(33-47)57-55(58-54(48)43-25-23-40(24-26-43)37-9-3-1-4-10-37)59-52-30-28-46(38-11-5-2-6-12-38)32-49(52)50-31-44-13-7-8-14-45(44)34-53(50)59/h1-34H. The van der Waals surface area contributed by atoms with E-state index in [0.717, 1.165) is 77.2 Å². The Balaban J connectivity index is 1.12. The monoisotopic (exact) mass is 750 g/mol. The van der Waals surface area contributed by atoms with Gasteiger partial charge in [0.1, 0.15) is 0 Å². The van der Waals surface area contributed by atoms with Crippen molar-refractivity contribution in [3.05, 3.63) is 212 Å². The average molecular weight is 751 g/mol. The van der Waals surface area contributed by atoms with Gasteiger partial charge >= 0.3 is 0 Å². The third-order valence-corrected chi connectivity index (χ3v) is 11.5. The molecule has 0 unspecified atom stereocenters. The second kappa shape index (κ2) is 14.1. The molecule has 2 heterocycles. The molecule has 0 saturated heterocycles. The summed E-state index contributed by atoms with van der Waals surface area (Å²) in [4.78, 5) is 10.9. The average Bonchev–Trinajstić information content (AvgIpc) is 3.63. The van der Waals surface area contributed by atoms with E-state index < -0.39 is 0 Å². The molecule has 0 saturated carbocycles.